The maximum Gasteiger partial charge on any atom is 0.407 e. The third-order valence-electron chi connectivity index (χ3n) is 10.7. The van der Waals surface area contributed by atoms with Crippen LogP contribution in [-0.4, -0.2) is 53.1 Å². The van der Waals surface area contributed by atoms with E-state index in [0.717, 1.165) is 41.3 Å². The van der Waals surface area contributed by atoms with Crippen molar-refractivity contribution < 1.29 is 28.7 Å². The molecule has 4 aliphatic rings. The smallest absolute Gasteiger partial charge is 0.407 e. The van der Waals surface area contributed by atoms with Crippen molar-refractivity contribution in [2.75, 3.05) is 6.54 Å². The van der Waals surface area contributed by atoms with Crippen LogP contribution in [0.3, 0.4) is 0 Å². The van der Waals surface area contributed by atoms with Gasteiger partial charge in [0.15, 0.2) is 0 Å². The van der Waals surface area contributed by atoms with Crippen LogP contribution >= 0.6 is 0 Å². The average molecular weight is 685 g/mol. The molecule has 1 heterocycles. The quantitative estimate of drug-likeness (QED) is 0.116. The van der Waals surface area contributed by atoms with E-state index in [2.05, 4.69) is 20.9 Å². The first-order chi connectivity index (χ1) is 24.0. The second-order valence-electron chi connectivity index (χ2n) is 15.9. The number of carbonyl (C=O) groups excluding carboxylic acids is 4. The Hall–Kier alpha value is -4.34. The SMILES string of the molecule is CC(C)(C)OC(=O)[C@@H](CCCCNC(=O)OCc1ccccc1)NC(=O)[C@H](Cc1c[nH]c2ccccc12)NC(=O)C12CC3CC(CC(C3)C1)C2. The van der Waals surface area contributed by atoms with Crippen LogP contribution in [0.4, 0.5) is 4.79 Å². The fourth-order valence-corrected chi connectivity index (χ4v) is 8.76. The van der Waals surface area contributed by atoms with Crippen LogP contribution in [0.1, 0.15) is 89.7 Å². The van der Waals surface area contributed by atoms with Crippen molar-refractivity contribution in [1.29, 1.82) is 0 Å². The summed E-state index contributed by atoms with van der Waals surface area (Å²) in [6.45, 7) is 5.91. The first-order valence-corrected chi connectivity index (χ1v) is 18.3. The van der Waals surface area contributed by atoms with Crippen molar-refractivity contribution in [3.05, 3.63) is 71.9 Å². The number of rotatable bonds is 14. The lowest BCUT2D eigenvalue weighted by Crippen LogP contribution is -2.59. The van der Waals surface area contributed by atoms with Crippen LogP contribution in [0.2, 0.25) is 0 Å². The minimum Gasteiger partial charge on any atom is -0.458 e. The highest BCUT2D eigenvalue weighted by molar-refractivity contribution is 5.93. The first kappa shape index (κ1) is 35.5. The van der Waals surface area contributed by atoms with E-state index in [-0.39, 0.29) is 18.9 Å². The Bertz CT molecular complexity index is 1630. The summed E-state index contributed by atoms with van der Waals surface area (Å²) >= 11 is 0. The van der Waals surface area contributed by atoms with E-state index < -0.39 is 41.1 Å². The molecule has 3 aromatic rings. The number of carbonyl (C=O) groups is 4. The van der Waals surface area contributed by atoms with Gasteiger partial charge in [-0.25, -0.2) is 9.59 Å². The fraction of sp³-hybridized carbons (Fsp3) is 0.550. The molecule has 0 aliphatic heterocycles. The Morgan fingerprint density at radius 1 is 0.860 bits per heavy atom. The molecule has 4 N–H and O–H groups in total. The number of hydrogen-bond acceptors (Lipinski definition) is 6. The standard InChI is InChI=1S/C40H52N4O6/c1-39(2,3)50-36(46)33(15-9-10-16-41-38(48)49-25-26-11-5-4-6-12-26)43-35(45)34(20-30-24-42-32-14-8-7-13-31(30)32)44-37(47)40-21-27-17-28(22-40)19-29(18-27)23-40/h4-8,11-14,24,27-29,33-34,42H,9-10,15-23,25H2,1-3H3,(H,41,48)(H,43,45)(H,44,47)/t27?,28?,29?,33-,34+,40?/m1/s1. The van der Waals surface area contributed by atoms with Gasteiger partial charge in [0.05, 0.1) is 0 Å². The molecule has 0 unspecified atom stereocenters. The molecule has 50 heavy (non-hydrogen) atoms. The molecular formula is C40H52N4O6. The fourth-order valence-electron chi connectivity index (χ4n) is 8.76. The van der Waals surface area contributed by atoms with Gasteiger partial charge in [-0.2, -0.15) is 0 Å². The van der Waals surface area contributed by atoms with Crippen molar-refractivity contribution in [3.63, 3.8) is 0 Å². The number of fused-ring (bicyclic) bond motifs is 1. The first-order valence-electron chi connectivity index (χ1n) is 18.3. The summed E-state index contributed by atoms with van der Waals surface area (Å²) in [5, 5.41) is 9.92. The van der Waals surface area contributed by atoms with Crippen molar-refractivity contribution >= 4 is 34.8 Å². The molecule has 7 rings (SSSR count). The molecule has 2 aromatic carbocycles. The highest BCUT2D eigenvalue weighted by Crippen LogP contribution is 2.60. The lowest BCUT2D eigenvalue weighted by atomic mass is 9.49. The Labute approximate surface area is 294 Å². The third-order valence-corrected chi connectivity index (χ3v) is 10.7. The molecule has 4 bridgehead atoms. The number of alkyl carbamates (subject to hydrolysis) is 1. The number of aromatic nitrogens is 1. The molecular weight excluding hydrogens is 632 g/mol. The summed E-state index contributed by atoms with van der Waals surface area (Å²) < 4.78 is 11.0. The summed E-state index contributed by atoms with van der Waals surface area (Å²) in [6, 6.07) is 15.6. The van der Waals surface area contributed by atoms with Gasteiger partial charge in [-0.05, 0) is 114 Å². The molecule has 2 atom stereocenters. The molecule has 10 nitrogen and oxygen atoms in total. The second-order valence-corrected chi connectivity index (χ2v) is 15.9. The molecule has 4 aliphatic carbocycles. The predicted molar refractivity (Wildman–Crippen MR) is 191 cm³/mol. The van der Waals surface area contributed by atoms with Gasteiger partial charge in [-0.3, -0.25) is 9.59 Å². The van der Waals surface area contributed by atoms with Gasteiger partial charge in [-0.15, -0.1) is 0 Å². The lowest BCUT2D eigenvalue weighted by molar-refractivity contribution is -0.159. The van der Waals surface area contributed by atoms with E-state index in [1.165, 1.54) is 19.3 Å². The number of H-pyrrole nitrogens is 1. The Kier molecular flexibility index (Phi) is 10.8. The Morgan fingerprint density at radius 3 is 2.20 bits per heavy atom. The zero-order valence-corrected chi connectivity index (χ0v) is 29.6. The molecule has 0 radical (unpaired) electrons. The van der Waals surface area contributed by atoms with E-state index in [4.69, 9.17) is 9.47 Å². The number of nitrogens with one attached hydrogen (secondary N) is 4. The van der Waals surface area contributed by atoms with Crippen molar-refractivity contribution in [2.24, 2.45) is 23.2 Å². The molecule has 0 saturated heterocycles. The third kappa shape index (κ3) is 8.87. The van der Waals surface area contributed by atoms with Gasteiger partial charge in [0.25, 0.3) is 0 Å². The Morgan fingerprint density at radius 2 is 1.52 bits per heavy atom. The van der Waals surface area contributed by atoms with Crippen molar-refractivity contribution in [1.82, 2.24) is 20.9 Å². The van der Waals surface area contributed by atoms with E-state index in [9.17, 15) is 19.2 Å². The van der Waals surface area contributed by atoms with Crippen LogP contribution in [0.5, 0.6) is 0 Å². The number of amides is 3. The molecule has 268 valence electrons. The molecule has 4 fully saturated rings. The normalized spacial score (nSPS) is 23.5. The Balaban J connectivity index is 1.11. The lowest BCUT2D eigenvalue weighted by Gasteiger charge is -2.55. The molecule has 1 aromatic heterocycles. The monoisotopic (exact) mass is 684 g/mol. The van der Waals surface area contributed by atoms with Gasteiger partial charge in [-0.1, -0.05) is 48.5 Å². The van der Waals surface area contributed by atoms with Crippen LogP contribution in [0.25, 0.3) is 10.9 Å². The van der Waals surface area contributed by atoms with Gasteiger partial charge in [0.2, 0.25) is 11.8 Å². The average Bonchev–Trinajstić information content (AvgIpc) is 3.48. The molecule has 10 heteroatoms. The largest absolute Gasteiger partial charge is 0.458 e. The van der Waals surface area contributed by atoms with E-state index >= 15 is 0 Å². The maximum atomic E-state index is 14.2. The van der Waals surface area contributed by atoms with Crippen molar-refractivity contribution in [2.45, 2.75) is 109 Å². The van der Waals surface area contributed by atoms with Crippen LogP contribution in [0, 0.1) is 23.2 Å². The summed E-state index contributed by atoms with van der Waals surface area (Å²) in [5.41, 5.74) is 1.60. The molecule has 4 saturated carbocycles. The highest BCUT2D eigenvalue weighted by Gasteiger charge is 2.55. The minimum absolute atomic E-state index is 0.0318. The van der Waals surface area contributed by atoms with Crippen LogP contribution in [-0.2, 0) is 36.9 Å². The minimum atomic E-state index is -0.923. The summed E-state index contributed by atoms with van der Waals surface area (Å²) in [4.78, 5) is 57.3. The zero-order chi connectivity index (χ0) is 35.3. The number of hydrogen-bond donors (Lipinski definition) is 4. The highest BCUT2D eigenvalue weighted by atomic mass is 16.6. The number of aromatic amines is 1. The second kappa shape index (κ2) is 15.3. The van der Waals surface area contributed by atoms with Gasteiger partial charge in [0, 0.05) is 35.5 Å². The van der Waals surface area contributed by atoms with Crippen LogP contribution in [0.15, 0.2) is 60.8 Å². The van der Waals surface area contributed by atoms with Gasteiger partial charge < -0.3 is 30.4 Å². The molecule has 3 amide bonds. The molecule has 0 spiro atoms. The predicted octanol–water partition coefficient (Wildman–Crippen LogP) is 6.33. The number of ether oxygens (including phenoxy) is 2. The van der Waals surface area contributed by atoms with E-state index in [0.29, 0.717) is 43.6 Å². The van der Waals surface area contributed by atoms with E-state index in [1.54, 1.807) is 20.8 Å². The number of benzene rings is 2. The zero-order valence-electron chi connectivity index (χ0n) is 29.6. The van der Waals surface area contributed by atoms with Crippen molar-refractivity contribution in [3.8, 4) is 0 Å². The maximum absolute atomic E-state index is 14.2. The van der Waals surface area contributed by atoms with Gasteiger partial charge >= 0.3 is 12.1 Å². The van der Waals surface area contributed by atoms with Gasteiger partial charge in [0.1, 0.15) is 24.3 Å². The summed E-state index contributed by atoms with van der Waals surface area (Å²) in [6.07, 6.45) is 9.39. The van der Waals surface area contributed by atoms with E-state index in [1.807, 2.05) is 60.8 Å². The summed E-state index contributed by atoms with van der Waals surface area (Å²) in [7, 11) is 0. The van der Waals surface area contributed by atoms with Crippen LogP contribution < -0.4 is 16.0 Å². The topological polar surface area (TPSA) is 139 Å². The number of unbranched alkanes of at least 4 members (excludes halogenated alkanes) is 1. The number of esters is 1. The summed E-state index contributed by atoms with van der Waals surface area (Å²) in [5.74, 6) is 0.792. The number of para-hydroxylation sites is 1.